The lowest BCUT2D eigenvalue weighted by Crippen LogP contribution is -2.47. The van der Waals surface area contributed by atoms with E-state index in [-0.39, 0.29) is 26.2 Å². The molecule has 0 aromatic heterocycles. The first-order valence-electron chi connectivity index (χ1n) is 25.5. The number of aliphatic hydroxyl groups excluding tert-OH is 2. The van der Waals surface area contributed by atoms with Gasteiger partial charge in [0.1, 0.15) is 0 Å². The second-order valence-corrected chi connectivity index (χ2v) is 19.0. The first-order chi connectivity index (χ1) is 29.3. The molecule has 0 bridgehead atoms. The summed E-state index contributed by atoms with van der Waals surface area (Å²) in [6.45, 7) is 3.98. The summed E-state index contributed by atoms with van der Waals surface area (Å²) in [4.78, 5) is 22.9. The number of hydrogen-bond acceptors (Lipinski definition) is 7. The summed E-state index contributed by atoms with van der Waals surface area (Å²) >= 11 is 0. The SMILES string of the molecule is CC/C=C\C/C=C\CCCCCCCCCCCCCCC(O)CC(=O)NC(COP(=O)(O)OCCN)C(O)CCCCCCCCCCCCCCCCCCCCC. The van der Waals surface area contributed by atoms with Crippen LogP contribution < -0.4 is 11.1 Å². The van der Waals surface area contributed by atoms with Crippen LogP contribution in [0.1, 0.15) is 251 Å². The Morgan fingerprint density at radius 3 is 1.45 bits per heavy atom. The molecule has 10 heteroatoms. The Hall–Kier alpha value is -1.06. The van der Waals surface area contributed by atoms with Gasteiger partial charge in [-0.15, -0.1) is 0 Å². The van der Waals surface area contributed by atoms with Gasteiger partial charge in [-0.05, 0) is 38.5 Å². The molecule has 0 aliphatic rings. The van der Waals surface area contributed by atoms with Crippen molar-refractivity contribution in [3.05, 3.63) is 24.3 Å². The minimum atomic E-state index is -4.38. The summed E-state index contributed by atoms with van der Waals surface area (Å²) in [6, 6.07) is -0.896. The molecule has 0 heterocycles. The Kier molecular flexibility index (Phi) is 45.1. The average Bonchev–Trinajstić information content (AvgIpc) is 3.23. The summed E-state index contributed by atoms with van der Waals surface area (Å²) in [5, 5.41) is 24.3. The number of rotatable bonds is 48. The number of phosphoric acid groups is 1. The van der Waals surface area contributed by atoms with Crippen LogP contribution in [0.2, 0.25) is 0 Å². The Bertz CT molecular complexity index is 1010. The molecule has 4 atom stereocenters. The average molecular weight is 871 g/mol. The van der Waals surface area contributed by atoms with Crippen LogP contribution in [-0.2, 0) is 18.4 Å². The van der Waals surface area contributed by atoms with E-state index in [1.807, 2.05) is 0 Å². The first kappa shape index (κ1) is 58.9. The van der Waals surface area contributed by atoms with Crippen LogP contribution in [0.5, 0.6) is 0 Å². The molecular weight excluding hydrogens is 772 g/mol. The Morgan fingerprint density at radius 1 is 0.583 bits per heavy atom. The van der Waals surface area contributed by atoms with Crippen molar-refractivity contribution in [2.24, 2.45) is 5.73 Å². The van der Waals surface area contributed by atoms with E-state index in [4.69, 9.17) is 14.8 Å². The van der Waals surface area contributed by atoms with Gasteiger partial charge in [-0.25, -0.2) is 4.57 Å². The van der Waals surface area contributed by atoms with Gasteiger partial charge in [0.05, 0.1) is 37.9 Å². The maximum atomic E-state index is 12.9. The van der Waals surface area contributed by atoms with Gasteiger partial charge in [-0.2, -0.15) is 0 Å². The third kappa shape index (κ3) is 43.6. The van der Waals surface area contributed by atoms with Crippen LogP contribution in [0.3, 0.4) is 0 Å². The number of amides is 1. The number of carbonyl (C=O) groups is 1. The standard InChI is InChI=1S/C50H99N2O7P/c1-3-5-7-9-11-13-15-17-19-21-23-25-27-29-31-33-35-37-39-41-47(53)45-50(55)52-48(46-59-60(56,57)58-44-43-51)49(54)42-40-38-36-34-32-30-28-26-24-22-20-18-16-14-12-10-8-6-4-2/h5,7,11,13,47-49,53-54H,3-4,6,8-10,12,14-46,51H2,1-2H3,(H,52,55)(H,56,57)/b7-5-,13-11-. The highest BCUT2D eigenvalue weighted by Crippen LogP contribution is 2.43. The smallest absolute Gasteiger partial charge is 0.393 e. The molecule has 0 rings (SSSR count). The van der Waals surface area contributed by atoms with Crippen LogP contribution in [0, 0.1) is 0 Å². The largest absolute Gasteiger partial charge is 0.472 e. The molecule has 0 aliphatic carbocycles. The summed E-state index contributed by atoms with van der Waals surface area (Å²) in [7, 11) is -4.38. The predicted octanol–water partition coefficient (Wildman–Crippen LogP) is 13.9. The summed E-state index contributed by atoms with van der Waals surface area (Å²) in [5.74, 6) is -0.411. The minimum Gasteiger partial charge on any atom is -0.393 e. The molecule has 0 aromatic rings. The zero-order chi connectivity index (χ0) is 44.0. The molecule has 9 nitrogen and oxygen atoms in total. The van der Waals surface area contributed by atoms with Gasteiger partial charge in [0.2, 0.25) is 5.91 Å². The molecule has 0 fully saturated rings. The lowest BCUT2D eigenvalue weighted by atomic mass is 10.0. The fraction of sp³-hybridized carbons (Fsp3) is 0.900. The fourth-order valence-corrected chi connectivity index (χ4v) is 8.57. The van der Waals surface area contributed by atoms with Crippen LogP contribution in [0.4, 0.5) is 0 Å². The van der Waals surface area contributed by atoms with Gasteiger partial charge >= 0.3 is 7.82 Å². The van der Waals surface area contributed by atoms with E-state index in [1.165, 1.54) is 167 Å². The number of hydrogen-bond donors (Lipinski definition) is 5. The molecular formula is C50H99N2O7P. The van der Waals surface area contributed by atoms with Crippen LogP contribution in [-0.4, -0.2) is 59.0 Å². The molecule has 6 N–H and O–H groups in total. The number of nitrogens with one attached hydrogen (secondary N) is 1. The Balaban J connectivity index is 4.13. The second-order valence-electron chi connectivity index (χ2n) is 17.5. The number of unbranched alkanes of at least 4 members (excludes halogenated alkanes) is 30. The topological polar surface area (TPSA) is 151 Å². The van der Waals surface area contributed by atoms with Crippen molar-refractivity contribution in [2.45, 2.75) is 270 Å². The van der Waals surface area contributed by atoms with Crippen molar-refractivity contribution in [3.63, 3.8) is 0 Å². The third-order valence-electron chi connectivity index (χ3n) is 11.6. The lowest BCUT2D eigenvalue weighted by Gasteiger charge is -2.25. The first-order valence-corrected chi connectivity index (χ1v) is 27.0. The van der Waals surface area contributed by atoms with E-state index in [0.717, 1.165) is 51.4 Å². The summed E-state index contributed by atoms with van der Waals surface area (Å²) in [6.07, 6.45) is 50.8. The van der Waals surface area contributed by atoms with Crippen LogP contribution in [0.25, 0.3) is 0 Å². The molecule has 60 heavy (non-hydrogen) atoms. The van der Waals surface area contributed by atoms with Crippen molar-refractivity contribution in [3.8, 4) is 0 Å². The van der Waals surface area contributed by atoms with Gasteiger partial charge in [-0.3, -0.25) is 13.8 Å². The summed E-state index contributed by atoms with van der Waals surface area (Å²) in [5.41, 5.74) is 5.39. The van der Waals surface area contributed by atoms with Crippen molar-refractivity contribution in [1.29, 1.82) is 0 Å². The van der Waals surface area contributed by atoms with Crippen LogP contribution in [0.15, 0.2) is 24.3 Å². The lowest BCUT2D eigenvalue weighted by molar-refractivity contribution is -0.125. The van der Waals surface area contributed by atoms with Gasteiger partial charge in [0, 0.05) is 6.54 Å². The zero-order valence-corrected chi connectivity index (χ0v) is 40.2. The van der Waals surface area contributed by atoms with Crippen LogP contribution >= 0.6 is 7.82 Å². The van der Waals surface area contributed by atoms with Gasteiger partial charge in [0.25, 0.3) is 0 Å². The van der Waals surface area contributed by atoms with Crippen molar-refractivity contribution < 1.29 is 33.5 Å². The highest BCUT2D eigenvalue weighted by atomic mass is 31.2. The summed E-state index contributed by atoms with van der Waals surface area (Å²) < 4.78 is 22.2. The highest BCUT2D eigenvalue weighted by Gasteiger charge is 2.28. The molecule has 0 aliphatic heterocycles. The molecule has 4 unspecified atom stereocenters. The molecule has 0 saturated carbocycles. The Morgan fingerprint density at radius 2 is 1.00 bits per heavy atom. The van der Waals surface area contributed by atoms with Crippen molar-refractivity contribution in [1.82, 2.24) is 5.32 Å². The predicted molar refractivity (Wildman–Crippen MR) is 255 cm³/mol. The molecule has 0 radical (unpaired) electrons. The molecule has 356 valence electrons. The van der Waals surface area contributed by atoms with Gasteiger partial charge in [-0.1, -0.05) is 231 Å². The van der Waals surface area contributed by atoms with Crippen molar-refractivity contribution in [2.75, 3.05) is 19.8 Å². The highest BCUT2D eigenvalue weighted by molar-refractivity contribution is 7.47. The van der Waals surface area contributed by atoms with E-state index in [2.05, 4.69) is 43.5 Å². The van der Waals surface area contributed by atoms with E-state index in [0.29, 0.717) is 12.8 Å². The van der Waals surface area contributed by atoms with E-state index < -0.39 is 32.0 Å². The fourth-order valence-electron chi connectivity index (χ4n) is 7.81. The number of nitrogens with two attached hydrogens (primary N) is 1. The Labute approximate surface area is 370 Å². The van der Waals surface area contributed by atoms with Crippen molar-refractivity contribution >= 4 is 13.7 Å². The minimum absolute atomic E-state index is 0.0604. The molecule has 0 spiro atoms. The van der Waals surface area contributed by atoms with Gasteiger partial charge in [0.15, 0.2) is 0 Å². The number of carbonyl (C=O) groups excluding carboxylic acids is 1. The number of phosphoric ester groups is 1. The van der Waals surface area contributed by atoms with Gasteiger partial charge < -0.3 is 26.2 Å². The zero-order valence-electron chi connectivity index (χ0n) is 39.3. The number of allylic oxidation sites excluding steroid dienone is 4. The molecule has 0 saturated heterocycles. The van der Waals surface area contributed by atoms with E-state index in [9.17, 15) is 24.5 Å². The van der Waals surface area contributed by atoms with E-state index >= 15 is 0 Å². The second kappa shape index (κ2) is 45.9. The number of aliphatic hydroxyl groups is 2. The molecule has 1 amide bonds. The monoisotopic (exact) mass is 871 g/mol. The quantitative estimate of drug-likeness (QED) is 0.0230. The molecule has 0 aromatic carbocycles. The maximum absolute atomic E-state index is 12.9. The van der Waals surface area contributed by atoms with E-state index in [1.54, 1.807) is 0 Å². The maximum Gasteiger partial charge on any atom is 0.472 e. The normalized spacial score (nSPS) is 14.6. The third-order valence-corrected chi connectivity index (χ3v) is 12.6.